The van der Waals surface area contributed by atoms with Crippen LogP contribution in [0.4, 0.5) is 0 Å². The van der Waals surface area contributed by atoms with E-state index in [9.17, 15) is 9.00 Å². The second-order valence-electron chi connectivity index (χ2n) is 7.41. The molecule has 2 unspecified atom stereocenters. The molecule has 1 aromatic carbocycles. The summed E-state index contributed by atoms with van der Waals surface area (Å²) in [6, 6.07) is 5.95. The molecule has 0 spiro atoms. The average Bonchev–Trinajstić information content (AvgIpc) is 3.15. The number of nitrogens with one attached hydrogen (secondary N) is 2. The number of carbonyl (C=O) groups is 1. The second-order valence-corrected chi connectivity index (χ2v) is 9.13. The van der Waals surface area contributed by atoms with Crippen molar-refractivity contribution < 1.29 is 18.5 Å². The third kappa shape index (κ3) is 8.51. The van der Waals surface area contributed by atoms with Crippen LogP contribution in [-0.4, -0.2) is 53.0 Å². The van der Waals surface area contributed by atoms with Crippen LogP contribution in [0.5, 0.6) is 0 Å². The summed E-state index contributed by atoms with van der Waals surface area (Å²) in [6.45, 7) is 6.76. The minimum atomic E-state index is -1.73. The lowest BCUT2D eigenvalue weighted by Crippen LogP contribution is -2.29. The first-order valence-corrected chi connectivity index (χ1v) is 12.4. The fraction of sp³-hybridized carbons (Fsp3) is 0.591. The number of fused-ring (bicyclic) bond motifs is 1. The first-order chi connectivity index (χ1) is 14.5. The fourth-order valence-electron chi connectivity index (χ4n) is 3.05. The molecule has 30 heavy (non-hydrogen) atoms. The minimum absolute atomic E-state index is 0.143. The van der Waals surface area contributed by atoms with Gasteiger partial charge in [0.1, 0.15) is 0 Å². The lowest BCUT2D eigenvalue weighted by molar-refractivity contribution is -0.110. The van der Waals surface area contributed by atoms with Crippen LogP contribution in [-0.2, 0) is 38.1 Å². The number of benzene rings is 1. The number of rotatable bonds is 15. The predicted molar refractivity (Wildman–Crippen MR) is 126 cm³/mol. The standard InChI is InChI=1S/C22H34N2O4S2/c1-3-17(2)4-6-19-16-23-21-7-5-18(14-20(19)21)15-22(25)30(26)24-8-9-27-10-11-28-12-13-29/h5,7,14,16-17,23-24,29H,3-4,6,8-13,15H2,1-2H3. The van der Waals surface area contributed by atoms with Crippen LogP contribution in [0, 0.1) is 5.92 Å². The molecule has 168 valence electrons. The molecule has 8 heteroatoms. The summed E-state index contributed by atoms with van der Waals surface area (Å²) in [5, 5.41) is 0.819. The Morgan fingerprint density at radius 1 is 1.23 bits per heavy atom. The van der Waals surface area contributed by atoms with Gasteiger partial charge in [0.05, 0.1) is 26.4 Å². The van der Waals surface area contributed by atoms with Crippen molar-refractivity contribution in [2.75, 3.05) is 38.7 Å². The molecule has 0 aliphatic rings. The molecule has 0 amide bonds. The van der Waals surface area contributed by atoms with Gasteiger partial charge in [-0.2, -0.15) is 12.6 Å². The van der Waals surface area contributed by atoms with Gasteiger partial charge in [0.25, 0.3) is 0 Å². The van der Waals surface area contributed by atoms with Crippen molar-refractivity contribution in [2.45, 2.75) is 39.5 Å². The van der Waals surface area contributed by atoms with Crippen LogP contribution in [0.15, 0.2) is 24.4 Å². The van der Waals surface area contributed by atoms with Crippen molar-refractivity contribution in [3.63, 3.8) is 0 Å². The highest BCUT2D eigenvalue weighted by Crippen LogP contribution is 2.23. The zero-order valence-electron chi connectivity index (χ0n) is 17.9. The van der Waals surface area contributed by atoms with Gasteiger partial charge in [0.2, 0.25) is 5.12 Å². The van der Waals surface area contributed by atoms with Crippen molar-refractivity contribution in [3.05, 3.63) is 35.5 Å². The summed E-state index contributed by atoms with van der Waals surface area (Å²) in [6.07, 6.45) is 5.53. The fourth-order valence-corrected chi connectivity index (χ4v) is 3.91. The predicted octanol–water partition coefficient (Wildman–Crippen LogP) is 3.43. The van der Waals surface area contributed by atoms with Gasteiger partial charge in [-0.15, -0.1) is 0 Å². The van der Waals surface area contributed by atoms with Gasteiger partial charge >= 0.3 is 0 Å². The number of aromatic nitrogens is 1. The van der Waals surface area contributed by atoms with E-state index in [0.717, 1.165) is 29.3 Å². The van der Waals surface area contributed by atoms with Gasteiger partial charge in [-0.1, -0.05) is 26.3 Å². The highest BCUT2D eigenvalue weighted by molar-refractivity contribution is 7.98. The van der Waals surface area contributed by atoms with Gasteiger partial charge in [-0.25, -0.2) is 8.93 Å². The molecule has 2 atom stereocenters. The molecule has 0 bridgehead atoms. The normalized spacial score (nSPS) is 13.6. The first kappa shape index (κ1) is 25.1. The van der Waals surface area contributed by atoms with Crippen LogP contribution in [0.1, 0.15) is 37.8 Å². The number of ether oxygens (including phenoxy) is 2. The van der Waals surface area contributed by atoms with E-state index in [1.54, 1.807) is 0 Å². The van der Waals surface area contributed by atoms with Crippen molar-refractivity contribution in [3.8, 4) is 0 Å². The van der Waals surface area contributed by atoms with Crippen LogP contribution in [0.2, 0.25) is 0 Å². The zero-order valence-corrected chi connectivity index (χ0v) is 19.7. The smallest absolute Gasteiger partial charge is 0.238 e. The van der Waals surface area contributed by atoms with E-state index in [1.165, 1.54) is 12.0 Å². The maximum Gasteiger partial charge on any atom is 0.238 e. The lowest BCUT2D eigenvalue weighted by atomic mass is 9.98. The summed E-state index contributed by atoms with van der Waals surface area (Å²) in [5.41, 5.74) is 3.22. The third-order valence-electron chi connectivity index (χ3n) is 5.08. The number of aromatic amines is 1. The summed E-state index contributed by atoms with van der Waals surface area (Å²) in [5.74, 6) is 1.37. The molecule has 0 saturated carbocycles. The Bertz CT molecular complexity index is 810. The Morgan fingerprint density at radius 3 is 2.73 bits per heavy atom. The molecule has 0 fully saturated rings. The third-order valence-corrected chi connectivity index (χ3v) is 6.28. The molecule has 0 aliphatic carbocycles. The molecule has 1 heterocycles. The number of hydrogen-bond acceptors (Lipinski definition) is 5. The van der Waals surface area contributed by atoms with Crippen molar-refractivity contribution >= 4 is 39.6 Å². The van der Waals surface area contributed by atoms with Gasteiger partial charge in [0.15, 0.2) is 11.0 Å². The first-order valence-electron chi connectivity index (χ1n) is 10.6. The SMILES string of the molecule is CCC(C)CCc1c[nH]c2ccc(CC(=O)S(=O)NCCOCCOCCS)cc12. The number of carbonyl (C=O) groups excluding carboxylic acids is 1. The Morgan fingerprint density at radius 2 is 2.00 bits per heavy atom. The lowest BCUT2D eigenvalue weighted by Gasteiger charge is -2.08. The van der Waals surface area contributed by atoms with E-state index in [4.69, 9.17) is 9.47 Å². The van der Waals surface area contributed by atoms with Crippen LogP contribution >= 0.6 is 12.6 Å². The summed E-state index contributed by atoms with van der Waals surface area (Å²) < 4.78 is 25.5. The Balaban J connectivity index is 1.79. The summed E-state index contributed by atoms with van der Waals surface area (Å²) in [7, 11) is -1.73. The topological polar surface area (TPSA) is 80.4 Å². The van der Waals surface area contributed by atoms with Gasteiger partial charge in [-0.05, 0) is 42.0 Å². The molecule has 2 aromatic rings. The number of aryl methyl sites for hydroxylation is 1. The summed E-state index contributed by atoms with van der Waals surface area (Å²) in [4.78, 5) is 15.6. The van der Waals surface area contributed by atoms with Gasteiger partial charge < -0.3 is 14.5 Å². The van der Waals surface area contributed by atoms with E-state index in [1.807, 2.05) is 18.2 Å². The van der Waals surface area contributed by atoms with Crippen LogP contribution in [0.3, 0.4) is 0 Å². The van der Waals surface area contributed by atoms with E-state index < -0.39 is 11.0 Å². The average molecular weight is 455 g/mol. The Kier molecular flexibility index (Phi) is 11.7. The van der Waals surface area contributed by atoms with E-state index in [2.05, 4.69) is 42.4 Å². The molecular formula is C22H34N2O4S2. The Hall–Kier alpha value is -1.19. The van der Waals surface area contributed by atoms with Crippen molar-refractivity contribution in [2.24, 2.45) is 5.92 Å². The monoisotopic (exact) mass is 454 g/mol. The molecule has 2 N–H and O–H groups in total. The maximum atomic E-state index is 12.3. The van der Waals surface area contributed by atoms with Crippen LogP contribution < -0.4 is 4.72 Å². The van der Waals surface area contributed by atoms with E-state index in [0.29, 0.717) is 44.6 Å². The van der Waals surface area contributed by atoms with Gasteiger partial charge in [-0.3, -0.25) is 4.79 Å². The number of H-pyrrole nitrogens is 1. The van der Waals surface area contributed by atoms with Crippen molar-refractivity contribution in [1.29, 1.82) is 0 Å². The quantitative estimate of drug-likeness (QED) is 0.285. The van der Waals surface area contributed by atoms with Crippen molar-refractivity contribution in [1.82, 2.24) is 9.71 Å². The molecular weight excluding hydrogens is 420 g/mol. The molecule has 0 aliphatic heterocycles. The molecule has 1 aromatic heterocycles. The Labute approximate surface area is 187 Å². The van der Waals surface area contributed by atoms with Crippen LogP contribution in [0.25, 0.3) is 10.9 Å². The van der Waals surface area contributed by atoms with E-state index in [-0.39, 0.29) is 11.5 Å². The highest BCUT2D eigenvalue weighted by Gasteiger charge is 2.14. The second kappa shape index (κ2) is 14.0. The minimum Gasteiger partial charge on any atom is -0.378 e. The molecule has 6 nitrogen and oxygen atoms in total. The molecule has 0 saturated heterocycles. The number of hydrogen-bond donors (Lipinski definition) is 3. The summed E-state index contributed by atoms with van der Waals surface area (Å²) >= 11 is 4.05. The maximum absolute atomic E-state index is 12.3. The zero-order chi connectivity index (χ0) is 21.8. The largest absolute Gasteiger partial charge is 0.378 e. The highest BCUT2D eigenvalue weighted by atomic mass is 32.2. The molecule has 2 rings (SSSR count). The molecule has 0 radical (unpaired) electrons. The van der Waals surface area contributed by atoms with Gasteiger partial charge in [0, 0.05) is 35.8 Å². The number of thiol groups is 1. The van der Waals surface area contributed by atoms with E-state index >= 15 is 0 Å².